The van der Waals surface area contributed by atoms with Gasteiger partial charge < -0.3 is 34.2 Å². The Hall–Kier alpha value is -2.89. The molecule has 2 amide bonds. The lowest BCUT2D eigenvalue weighted by atomic mass is 9.89. The highest BCUT2D eigenvalue weighted by molar-refractivity contribution is 5.71. The Morgan fingerprint density at radius 1 is 0.980 bits per heavy atom. The van der Waals surface area contributed by atoms with Gasteiger partial charge in [0.1, 0.15) is 11.7 Å². The first-order chi connectivity index (χ1) is 24.2. The third-order valence-electron chi connectivity index (χ3n) is 11.3. The Morgan fingerprint density at radius 2 is 1.67 bits per heavy atom. The number of carbonyl (C=O) groups is 3. The molecule has 2 N–H and O–H groups in total. The Balaban J connectivity index is 1.39. The van der Waals surface area contributed by atoms with Gasteiger partial charge in [-0.25, -0.2) is 9.59 Å². The predicted octanol–water partition coefficient (Wildman–Crippen LogP) is 6.38. The molecule has 1 saturated carbocycles. The lowest BCUT2D eigenvalue weighted by Gasteiger charge is -2.40. The number of allylic oxidation sites excluding steroid dienone is 2. The molecule has 2 saturated heterocycles. The van der Waals surface area contributed by atoms with Crippen LogP contribution in [0.4, 0.5) is 9.59 Å². The molecule has 0 spiro atoms. The molecule has 0 aromatic rings. The topological polar surface area (TPSA) is 129 Å². The van der Waals surface area contributed by atoms with Crippen molar-refractivity contribution in [1.29, 1.82) is 0 Å². The number of carbonyl (C=O) groups excluding carboxylic acids is 3. The predicted molar refractivity (Wildman–Crippen MR) is 197 cm³/mol. The highest BCUT2D eigenvalue weighted by Gasteiger charge is 2.38. The average molecular weight is 716 g/mol. The van der Waals surface area contributed by atoms with Crippen molar-refractivity contribution in [2.75, 3.05) is 39.3 Å². The summed E-state index contributed by atoms with van der Waals surface area (Å²) >= 11 is 0. The lowest BCUT2D eigenvalue weighted by Crippen LogP contribution is -2.53. The van der Waals surface area contributed by atoms with Gasteiger partial charge in [-0.1, -0.05) is 63.8 Å². The van der Waals surface area contributed by atoms with Crippen molar-refractivity contribution in [2.24, 2.45) is 11.8 Å². The minimum atomic E-state index is -1.47. The summed E-state index contributed by atoms with van der Waals surface area (Å²) < 4.78 is 17.5. The van der Waals surface area contributed by atoms with Gasteiger partial charge in [-0.3, -0.25) is 9.69 Å². The number of amides is 2. The Labute approximate surface area is 306 Å². The quantitative estimate of drug-likeness (QED) is 0.101. The first-order valence-corrected chi connectivity index (χ1v) is 19.4. The zero-order chi connectivity index (χ0) is 37.2. The van der Waals surface area contributed by atoms with E-state index >= 15 is 0 Å². The molecule has 11 heteroatoms. The Morgan fingerprint density at radius 3 is 2.31 bits per heavy atom. The average Bonchev–Trinajstić information content (AvgIpc) is 3.25. The molecule has 3 aliphatic heterocycles. The molecule has 6 atom stereocenters. The largest absolute Gasteiger partial charge is 0.457 e. The summed E-state index contributed by atoms with van der Waals surface area (Å²) in [5.41, 5.74) is -0.882. The standard InChI is InChI=1S/C40H65N3O8/c1-29(28-49-38(47)43-22-12-20-39(43,4)5)13-11-14-30(2)36-31(3)17-18-34(40(6,48)21-19-33(44)27-35(45)51-36)50-37(46)42-25-23-41(24-26-42)32-15-9-7-8-10-16-32/h11,13-14,17-18,29,31-34,36,44,48H,7-10,12,15-16,19-28H2,1-6H3/b13-11+,18-17+,30-14+/t29?,31-,33-,34-,36+,40-/m0/s1. The van der Waals surface area contributed by atoms with E-state index in [4.69, 9.17) is 14.2 Å². The summed E-state index contributed by atoms with van der Waals surface area (Å²) in [7, 11) is 0. The molecule has 0 bridgehead atoms. The van der Waals surface area contributed by atoms with Crippen LogP contribution >= 0.6 is 0 Å². The van der Waals surface area contributed by atoms with Crippen LogP contribution in [0, 0.1) is 11.8 Å². The number of cyclic esters (lactones) is 1. The molecule has 0 radical (unpaired) electrons. The van der Waals surface area contributed by atoms with Gasteiger partial charge in [0, 0.05) is 56.1 Å². The lowest BCUT2D eigenvalue weighted by molar-refractivity contribution is -0.151. The molecule has 3 fully saturated rings. The normalized spacial score (nSPS) is 32.0. The minimum absolute atomic E-state index is 0.0347. The van der Waals surface area contributed by atoms with Crippen LogP contribution in [0.2, 0.25) is 0 Å². The third-order valence-corrected chi connectivity index (χ3v) is 11.3. The fraction of sp³-hybridized carbons (Fsp3) is 0.775. The van der Waals surface area contributed by atoms with Crippen LogP contribution in [0.25, 0.3) is 0 Å². The summed E-state index contributed by atoms with van der Waals surface area (Å²) in [4.78, 5) is 45.0. The van der Waals surface area contributed by atoms with Crippen LogP contribution in [-0.2, 0) is 19.0 Å². The monoisotopic (exact) mass is 715 g/mol. The van der Waals surface area contributed by atoms with Gasteiger partial charge in [-0.2, -0.15) is 0 Å². The molecule has 1 aliphatic carbocycles. The number of hydrogen-bond donors (Lipinski definition) is 2. The molecule has 288 valence electrons. The fourth-order valence-corrected chi connectivity index (χ4v) is 7.80. The number of aliphatic hydroxyl groups excluding tert-OH is 1. The van der Waals surface area contributed by atoms with Crippen molar-refractivity contribution < 1.29 is 38.8 Å². The van der Waals surface area contributed by atoms with Gasteiger partial charge in [0.25, 0.3) is 0 Å². The zero-order valence-corrected chi connectivity index (χ0v) is 32.1. The number of piperazine rings is 1. The van der Waals surface area contributed by atoms with Crippen LogP contribution in [0.5, 0.6) is 0 Å². The van der Waals surface area contributed by atoms with Crippen LogP contribution < -0.4 is 0 Å². The van der Waals surface area contributed by atoms with Gasteiger partial charge in [0.15, 0.2) is 6.10 Å². The summed E-state index contributed by atoms with van der Waals surface area (Å²) in [5, 5.41) is 22.2. The maximum Gasteiger partial charge on any atom is 0.410 e. The maximum atomic E-state index is 13.5. The second-order valence-electron chi connectivity index (χ2n) is 16.3. The SMILES string of the molecule is C/C(=C\C=C\C(C)COC(=O)N1CCCC1(C)C)[C@H]1OC(=O)C[C@@H](O)CC[C@](C)(O)[C@@H](OC(=O)N2CCN(C3CCCCCC3)CC2)/C=C/[C@@H]1C. The van der Waals surface area contributed by atoms with E-state index in [1.807, 2.05) is 45.1 Å². The van der Waals surface area contributed by atoms with Gasteiger partial charge in [-0.15, -0.1) is 0 Å². The smallest absolute Gasteiger partial charge is 0.410 e. The van der Waals surface area contributed by atoms with Crippen molar-refractivity contribution in [1.82, 2.24) is 14.7 Å². The molecule has 0 aromatic carbocycles. The number of esters is 1. The Bertz CT molecular complexity index is 1250. The highest BCUT2D eigenvalue weighted by atomic mass is 16.6. The number of ether oxygens (including phenoxy) is 3. The van der Waals surface area contributed by atoms with E-state index in [1.54, 1.807) is 22.8 Å². The number of rotatable bonds is 7. The van der Waals surface area contributed by atoms with E-state index in [9.17, 15) is 24.6 Å². The number of aliphatic hydroxyl groups is 2. The van der Waals surface area contributed by atoms with Crippen LogP contribution in [-0.4, -0.2) is 118 Å². The summed E-state index contributed by atoms with van der Waals surface area (Å²) in [6, 6.07) is 0.587. The Kier molecular flexibility index (Phi) is 15.0. The molecule has 11 nitrogen and oxygen atoms in total. The third kappa shape index (κ3) is 12.1. The molecule has 51 heavy (non-hydrogen) atoms. The van der Waals surface area contributed by atoms with Gasteiger partial charge in [-0.05, 0) is 77.9 Å². The second-order valence-corrected chi connectivity index (χ2v) is 16.3. The molecular formula is C40H65N3O8. The molecule has 0 aromatic heterocycles. The van der Waals surface area contributed by atoms with Crippen molar-refractivity contribution >= 4 is 18.2 Å². The molecule has 4 aliphatic rings. The van der Waals surface area contributed by atoms with E-state index in [2.05, 4.69) is 18.7 Å². The molecular weight excluding hydrogens is 650 g/mol. The van der Waals surface area contributed by atoms with E-state index in [0.717, 1.165) is 31.5 Å². The second kappa shape index (κ2) is 18.7. The minimum Gasteiger partial charge on any atom is -0.457 e. The first kappa shape index (κ1) is 40.9. The van der Waals surface area contributed by atoms with Crippen molar-refractivity contribution in [3.05, 3.63) is 36.0 Å². The van der Waals surface area contributed by atoms with Crippen LogP contribution in [0.1, 0.15) is 112 Å². The van der Waals surface area contributed by atoms with Crippen molar-refractivity contribution in [3.8, 4) is 0 Å². The highest BCUT2D eigenvalue weighted by Crippen LogP contribution is 2.30. The molecule has 3 heterocycles. The number of nitrogens with zero attached hydrogens (tertiary/aromatic N) is 3. The van der Waals surface area contributed by atoms with Crippen LogP contribution in [0.15, 0.2) is 36.0 Å². The number of likely N-dealkylation sites (tertiary alicyclic amines) is 1. The fourth-order valence-electron chi connectivity index (χ4n) is 7.80. The van der Waals surface area contributed by atoms with Gasteiger partial charge >= 0.3 is 18.2 Å². The van der Waals surface area contributed by atoms with Crippen LogP contribution in [0.3, 0.4) is 0 Å². The summed E-state index contributed by atoms with van der Waals surface area (Å²) in [6.45, 7) is 15.2. The summed E-state index contributed by atoms with van der Waals surface area (Å²) in [6.07, 6.45) is 15.4. The van der Waals surface area contributed by atoms with Gasteiger partial charge in [0.05, 0.1) is 19.1 Å². The van der Waals surface area contributed by atoms with Crippen molar-refractivity contribution in [2.45, 2.75) is 148 Å². The van der Waals surface area contributed by atoms with E-state index in [-0.39, 0.29) is 49.3 Å². The van der Waals surface area contributed by atoms with E-state index in [0.29, 0.717) is 25.7 Å². The maximum absolute atomic E-state index is 13.5. The zero-order valence-electron chi connectivity index (χ0n) is 32.1. The number of hydrogen-bond acceptors (Lipinski definition) is 9. The van der Waals surface area contributed by atoms with E-state index in [1.165, 1.54) is 38.5 Å². The van der Waals surface area contributed by atoms with Crippen molar-refractivity contribution in [3.63, 3.8) is 0 Å². The first-order valence-electron chi connectivity index (χ1n) is 19.4. The van der Waals surface area contributed by atoms with E-state index < -0.39 is 36.0 Å². The molecule has 4 rings (SSSR count). The molecule has 1 unspecified atom stereocenters. The van der Waals surface area contributed by atoms with Gasteiger partial charge in [0.2, 0.25) is 0 Å². The summed E-state index contributed by atoms with van der Waals surface area (Å²) in [5.74, 6) is -0.897.